The summed E-state index contributed by atoms with van der Waals surface area (Å²) in [4.78, 5) is 12.3. The summed E-state index contributed by atoms with van der Waals surface area (Å²) in [6, 6.07) is 0. The summed E-state index contributed by atoms with van der Waals surface area (Å²) in [5.74, 6) is 0.0870. The number of rotatable bonds is 5. The molecule has 0 aliphatic heterocycles. The van der Waals surface area contributed by atoms with Gasteiger partial charge in [-0.3, -0.25) is 4.79 Å². The maximum absolute atomic E-state index is 12.3. The molecule has 21 heavy (non-hydrogen) atoms. The zero-order valence-corrected chi connectivity index (χ0v) is 13.5. The lowest BCUT2D eigenvalue weighted by molar-refractivity contribution is -0.124. The minimum absolute atomic E-state index is 0.0194. The first-order chi connectivity index (χ1) is 10.1. The smallest absolute Gasteiger partial charge is 0.221 e. The van der Waals surface area contributed by atoms with Crippen molar-refractivity contribution in [1.82, 2.24) is 10.6 Å². The number of hydrogen-bond acceptors (Lipinski definition) is 3. The van der Waals surface area contributed by atoms with Gasteiger partial charge < -0.3 is 15.7 Å². The van der Waals surface area contributed by atoms with Crippen molar-refractivity contribution in [1.29, 1.82) is 0 Å². The largest absolute Gasteiger partial charge is 0.388 e. The van der Waals surface area contributed by atoms with Gasteiger partial charge in [0.25, 0.3) is 0 Å². The van der Waals surface area contributed by atoms with Gasteiger partial charge in [-0.2, -0.15) is 0 Å². The summed E-state index contributed by atoms with van der Waals surface area (Å²) in [6.07, 6.45) is 12.6. The fourth-order valence-electron chi connectivity index (χ4n) is 3.94. The van der Waals surface area contributed by atoms with Gasteiger partial charge >= 0.3 is 0 Å². The van der Waals surface area contributed by atoms with E-state index >= 15 is 0 Å². The van der Waals surface area contributed by atoms with Gasteiger partial charge in [-0.15, -0.1) is 0 Å². The summed E-state index contributed by atoms with van der Waals surface area (Å²) < 4.78 is 0. The molecular formula is C17H32N2O2. The maximum Gasteiger partial charge on any atom is 0.221 e. The Balaban J connectivity index is 1.80. The molecule has 2 rings (SSSR count). The Morgan fingerprint density at radius 2 is 1.48 bits per heavy atom. The van der Waals surface area contributed by atoms with Crippen molar-refractivity contribution in [3.8, 4) is 0 Å². The molecule has 1 amide bonds. The van der Waals surface area contributed by atoms with Crippen molar-refractivity contribution in [3.63, 3.8) is 0 Å². The van der Waals surface area contributed by atoms with Crippen LogP contribution >= 0.6 is 0 Å². The quantitative estimate of drug-likeness (QED) is 0.683. The zero-order valence-electron chi connectivity index (χ0n) is 13.5. The molecule has 0 aromatic rings. The molecule has 4 nitrogen and oxygen atoms in total. The summed E-state index contributed by atoms with van der Waals surface area (Å²) in [5, 5.41) is 17.0. The van der Waals surface area contributed by atoms with Crippen molar-refractivity contribution >= 4 is 5.91 Å². The predicted molar refractivity (Wildman–Crippen MR) is 85.2 cm³/mol. The Kier molecular flexibility index (Phi) is 6.06. The molecule has 2 saturated carbocycles. The number of hydrogen-bond donors (Lipinski definition) is 3. The van der Waals surface area contributed by atoms with E-state index in [-0.39, 0.29) is 11.4 Å². The van der Waals surface area contributed by atoms with Crippen LogP contribution in [0.15, 0.2) is 0 Å². The Labute approximate surface area is 129 Å². The maximum atomic E-state index is 12.3. The van der Waals surface area contributed by atoms with E-state index in [2.05, 4.69) is 10.6 Å². The molecule has 122 valence electrons. The molecule has 4 heteroatoms. The van der Waals surface area contributed by atoms with Gasteiger partial charge in [0.1, 0.15) is 0 Å². The van der Waals surface area contributed by atoms with Crippen LogP contribution in [0.4, 0.5) is 0 Å². The van der Waals surface area contributed by atoms with Crippen LogP contribution in [-0.4, -0.2) is 35.7 Å². The molecule has 0 atom stereocenters. The summed E-state index contributed by atoms with van der Waals surface area (Å²) in [5.41, 5.74) is -0.695. The Hall–Kier alpha value is -0.610. The molecule has 0 unspecified atom stereocenters. The predicted octanol–water partition coefficient (Wildman–Crippen LogP) is 2.50. The van der Waals surface area contributed by atoms with Crippen molar-refractivity contribution in [2.75, 3.05) is 13.6 Å². The summed E-state index contributed by atoms with van der Waals surface area (Å²) in [6.45, 7) is 0.422. The first-order valence-corrected chi connectivity index (χ1v) is 8.76. The molecule has 0 saturated heterocycles. The second kappa shape index (κ2) is 7.59. The van der Waals surface area contributed by atoms with Gasteiger partial charge in [-0.25, -0.2) is 0 Å². The second-order valence-electron chi connectivity index (χ2n) is 7.18. The fraction of sp³-hybridized carbons (Fsp3) is 0.941. The number of aliphatic hydroxyl groups is 1. The fourth-order valence-corrected chi connectivity index (χ4v) is 3.94. The van der Waals surface area contributed by atoms with E-state index in [4.69, 9.17) is 0 Å². The minimum atomic E-state index is -0.675. The van der Waals surface area contributed by atoms with Crippen LogP contribution in [0.3, 0.4) is 0 Å². The Morgan fingerprint density at radius 3 is 2.05 bits per heavy atom. The Morgan fingerprint density at radius 1 is 0.952 bits per heavy atom. The van der Waals surface area contributed by atoms with Gasteiger partial charge in [0, 0.05) is 18.5 Å². The average molecular weight is 296 g/mol. The minimum Gasteiger partial charge on any atom is -0.388 e. The highest BCUT2D eigenvalue weighted by Gasteiger charge is 2.34. The molecule has 0 aromatic carbocycles. The second-order valence-corrected chi connectivity index (χ2v) is 7.18. The van der Waals surface area contributed by atoms with Crippen LogP contribution in [0.25, 0.3) is 0 Å². The first-order valence-electron chi connectivity index (χ1n) is 8.76. The first kappa shape index (κ1) is 16.8. The molecule has 2 aliphatic carbocycles. The topological polar surface area (TPSA) is 61.4 Å². The van der Waals surface area contributed by atoms with Crippen LogP contribution in [0, 0.1) is 0 Å². The molecule has 0 bridgehead atoms. The lowest BCUT2D eigenvalue weighted by atomic mass is 9.79. The molecular weight excluding hydrogens is 264 g/mol. The molecule has 3 N–H and O–H groups in total. The standard InChI is InChI=1S/C17H32N2O2/c1-18-16(9-5-4-6-10-16)13-15(20)19-14-17(21)11-7-2-3-8-12-17/h18,21H,2-14H2,1H3,(H,19,20). The highest BCUT2D eigenvalue weighted by molar-refractivity contribution is 5.77. The molecule has 2 fully saturated rings. The number of amides is 1. The highest BCUT2D eigenvalue weighted by atomic mass is 16.3. The van der Waals surface area contributed by atoms with Crippen molar-refractivity contribution in [3.05, 3.63) is 0 Å². The number of carbonyl (C=O) groups is 1. The highest BCUT2D eigenvalue weighted by Crippen LogP contribution is 2.31. The van der Waals surface area contributed by atoms with E-state index in [1.807, 2.05) is 7.05 Å². The van der Waals surface area contributed by atoms with Crippen LogP contribution in [0.2, 0.25) is 0 Å². The SMILES string of the molecule is CNC1(CC(=O)NCC2(O)CCCCCC2)CCCCC1. The zero-order chi connectivity index (χ0) is 15.2. The number of carbonyl (C=O) groups excluding carboxylic acids is 1. The molecule has 0 radical (unpaired) electrons. The molecule has 2 aliphatic rings. The third-order valence-corrected chi connectivity index (χ3v) is 5.49. The van der Waals surface area contributed by atoms with E-state index in [9.17, 15) is 9.90 Å². The van der Waals surface area contributed by atoms with Crippen LogP contribution in [0.1, 0.15) is 77.0 Å². The van der Waals surface area contributed by atoms with Gasteiger partial charge in [-0.1, -0.05) is 44.9 Å². The van der Waals surface area contributed by atoms with Crippen molar-refractivity contribution in [2.45, 2.75) is 88.2 Å². The van der Waals surface area contributed by atoms with E-state index in [0.29, 0.717) is 13.0 Å². The van der Waals surface area contributed by atoms with Crippen LogP contribution in [-0.2, 0) is 4.79 Å². The molecule has 0 aromatic heterocycles. The number of nitrogens with one attached hydrogen (secondary N) is 2. The van der Waals surface area contributed by atoms with Crippen molar-refractivity contribution < 1.29 is 9.90 Å². The van der Waals surface area contributed by atoms with E-state index in [0.717, 1.165) is 38.5 Å². The molecule has 0 spiro atoms. The van der Waals surface area contributed by atoms with Crippen LogP contribution < -0.4 is 10.6 Å². The van der Waals surface area contributed by atoms with E-state index in [1.165, 1.54) is 32.1 Å². The van der Waals surface area contributed by atoms with Gasteiger partial charge in [0.15, 0.2) is 0 Å². The third-order valence-electron chi connectivity index (χ3n) is 5.49. The monoisotopic (exact) mass is 296 g/mol. The molecule has 0 heterocycles. The van der Waals surface area contributed by atoms with E-state index < -0.39 is 5.60 Å². The average Bonchev–Trinajstić information content (AvgIpc) is 2.72. The Bertz CT molecular complexity index is 330. The summed E-state index contributed by atoms with van der Waals surface area (Å²) in [7, 11) is 1.97. The lowest BCUT2D eigenvalue weighted by Crippen LogP contribution is -2.50. The van der Waals surface area contributed by atoms with Crippen molar-refractivity contribution in [2.24, 2.45) is 0 Å². The van der Waals surface area contributed by atoms with Gasteiger partial charge in [0.05, 0.1) is 5.60 Å². The summed E-state index contributed by atoms with van der Waals surface area (Å²) >= 11 is 0. The third kappa shape index (κ3) is 4.96. The van der Waals surface area contributed by atoms with Gasteiger partial charge in [-0.05, 0) is 32.7 Å². The van der Waals surface area contributed by atoms with Crippen LogP contribution in [0.5, 0.6) is 0 Å². The van der Waals surface area contributed by atoms with Gasteiger partial charge in [0.2, 0.25) is 5.91 Å². The normalized spacial score (nSPS) is 25.0. The van der Waals surface area contributed by atoms with E-state index in [1.54, 1.807) is 0 Å². The lowest BCUT2D eigenvalue weighted by Gasteiger charge is -2.37.